The van der Waals surface area contributed by atoms with Crippen LogP contribution in [0.5, 0.6) is 0 Å². The van der Waals surface area contributed by atoms with Gasteiger partial charge in [-0.05, 0) is 32.0 Å². The number of hydrogen-bond acceptors (Lipinski definition) is 3. The third kappa shape index (κ3) is 3.08. The predicted molar refractivity (Wildman–Crippen MR) is 81.5 cm³/mol. The Balaban J connectivity index is 2.24. The minimum Gasteiger partial charge on any atom is -0.294 e. The summed E-state index contributed by atoms with van der Waals surface area (Å²) >= 11 is 8.37. The first-order chi connectivity index (χ1) is 8.47. The molecule has 0 bridgehead atoms. The molecule has 5 heteroatoms. The van der Waals surface area contributed by atoms with Crippen molar-refractivity contribution in [2.24, 2.45) is 0 Å². The van der Waals surface area contributed by atoms with E-state index in [2.05, 4.69) is 36.8 Å². The molecule has 1 aromatic heterocycles. The molecule has 2 rings (SSSR count). The van der Waals surface area contributed by atoms with Gasteiger partial charge in [-0.15, -0.1) is 11.3 Å². The summed E-state index contributed by atoms with van der Waals surface area (Å²) in [5, 5.41) is 0.877. The lowest BCUT2D eigenvalue weighted by Crippen LogP contribution is -2.04. The Bertz CT molecular complexity index is 588. The van der Waals surface area contributed by atoms with Gasteiger partial charge < -0.3 is 0 Å². The molecule has 0 aliphatic carbocycles. The molecule has 0 amide bonds. The van der Waals surface area contributed by atoms with Crippen molar-refractivity contribution in [3.63, 3.8) is 0 Å². The lowest BCUT2D eigenvalue weighted by atomic mass is 10.1. The van der Waals surface area contributed by atoms with Crippen molar-refractivity contribution in [3.05, 3.63) is 48.3 Å². The average Bonchev–Trinajstić information content (AvgIpc) is 2.61. The lowest BCUT2D eigenvalue weighted by Gasteiger charge is -2.03. The number of halogens is 2. The first-order valence-corrected chi connectivity index (χ1v) is 7.79. The highest BCUT2D eigenvalue weighted by Gasteiger charge is 2.14. The fourth-order valence-electron chi connectivity index (χ4n) is 1.56. The fourth-order valence-corrected chi connectivity index (χ4v) is 3.32. The Morgan fingerprint density at radius 2 is 2.06 bits per heavy atom. The first kappa shape index (κ1) is 13.9. The lowest BCUT2D eigenvalue weighted by molar-refractivity contribution is 0.0992. The molecule has 0 aliphatic heterocycles. The van der Waals surface area contributed by atoms with E-state index in [4.69, 9.17) is 0 Å². The number of nitrogens with zero attached hydrogens (tertiary/aromatic N) is 1. The van der Waals surface area contributed by atoms with E-state index in [1.807, 2.05) is 32.0 Å². The van der Waals surface area contributed by atoms with Crippen LogP contribution in [0.1, 0.15) is 25.9 Å². The smallest absolute Gasteiger partial charge is 0.170 e. The van der Waals surface area contributed by atoms with Crippen molar-refractivity contribution in [1.29, 1.82) is 0 Å². The van der Waals surface area contributed by atoms with Crippen LogP contribution in [0.25, 0.3) is 0 Å². The second-order valence-electron chi connectivity index (χ2n) is 3.97. The van der Waals surface area contributed by atoms with Crippen LogP contribution in [0.15, 0.2) is 27.1 Å². The number of hydrogen-bond donors (Lipinski definition) is 0. The van der Waals surface area contributed by atoms with Crippen molar-refractivity contribution in [2.75, 3.05) is 0 Å². The zero-order chi connectivity index (χ0) is 13.3. The van der Waals surface area contributed by atoms with Crippen molar-refractivity contribution in [1.82, 2.24) is 4.98 Å². The molecule has 1 heterocycles. The summed E-state index contributed by atoms with van der Waals surface area (Å²) in [7, 11) is 0. The third-order valence-electron chi connectivity index (χ3n) is 2.61. The summed E-state index contributed by atoms with van der Waals surface area (Å²) in [6, 6.07) is 5.61. The molecule has 94 valence electrons. The SMILES string of the molecule is Cc1nc(CC(=O)c2cc(Br)ccc2Br)sc1C. The van der Waals surface area contributed by atoms with Crippen LogP contribution in [0, 0.1) is 13.8 Å². The van der Waals surface area contributed by atoms with E-state index in [1.165, 1.54) is 4.88 Å². The summed E-state index contributed by atoms with van der Waals surface area (Å²) in [4.78, 5) is 17.8. The molecule has 0 fully saturated rings. The highest BCUT2D eigenvalue weighted by molar-refractivity contribution is 9.11. The molecule has 0 N–H and O–H groups in total. The van der Waals surface area contributed by atoms with Crippen LogP contribution in [-0.4, -0.2) is 10.8 Å². The van der Waals surface area contributed by atoms with Gasteiger partial charge in [0.25, 0.3) is 0 Å². The van der Waals surface area contributed by atoms with E-state index in [-0.39, 0.29) is 5.78 Å². The van der Waals surface area contributed by atoms with Gasteiger partial charge in [-0.1, -0.05) is 31.9 Å². The molecule has 2 aromatic rings. The van der Waals surface area contributed by atoms with Crippen LogP contribution in [0.4, 0.5) is 0 Å². The molecular formula is C13H11Br2NOS. The summed E-state index contributed by atoms with van der Waals surface area (Å²) in [5.41, 5.74) is 1.70. The average molecular weight is 389 g/mol. The Labute approximate surface area is 127 Å². The molecule has 0 radical (unpaired) electrons. The van der Waals surface area contributed by atoms with E-state index in [0.717, 1.165) is 19.6 Å². The summed E-state index contributed by atoms with van der Waals surface area (Å²) in [5.74, 6) is 0.0805. The quantitative estimate of drug-likeness (QED) is 0.712. The Hall–Kier alpha value is -0.520. The number of rotatable bonds is 3. The van der Waals surface area contributed by atoms with Crippen LogP contribution < -0.4 is 0 Å². The molecule has 0 saturated heterocycles. The van der Waals surface area contributed by atoms with E-state index < -0.39 is 0 Å². The number of benzene rings is 1. The standard InChI is InChI=1S/C13H11Br2NOS/c1-7-8(2)18-13(16-7)6-12(17)10-5-9(14)3-4-11(10)15/h3-5H,6H2,1-2H3. The van der Waals surface area contributed by atoms with Gasteiger partial charge in [0.15, 0.2) is 5.78 Å². The molecule has 0 spiro atoms. The third-order valence-corrected chi connectivity index (χ3v) is 4.87. The Kier molecular flexibility index (Phi) is 4.35. The minimum atomic E-state index is 0.0805. The largest absolute Gasteiger partial charge is 0.294 e. The monoisotopic (exact) mass is 387 g/mol. The van der Waals surface area contributed by atoms with Crippen molar-refractivity contribution in [2.45, 2.75) is 20.3 Å². The van der Waals surface area contributed by atoms with Gasteiger partial charge in [-0.3, -0.25) is 4.79 Å². The maximum Gasteiger partial charge on any atom is 0.170 e. The fraction of sp³-hybridized carbons (Fsp3) is 0.231. The van der Waals surface area contributed by atoms with Gasteiger partial charge in [-0.25, -0.2) is 4.98 Å². The van der Waals surface area contributed by atoms with Crippen LogP contribution >= 0.6 is 43.2 Å². The normalized spacial score (nSPS) is 10.7. The molecular weight excluding hydrogens is 378 g/mol. The van der Waals surface area contributed by atoms with Gasteiger partial charge >= 0.3 is 0 Å². The molecule has 0 aliphatic rings. The van der Waals surface area contributed by atoms with Crippen molar-refractivity contribution < 1.29 is 4.79 Å². The first-order valence-electron chi connectivity index (χ1n) is 5.38. The molecule has 0 atom stereocenters. The van der Waals surface area contributed by atoms with E-state index in [9.17, 15) is 4.79 Å². The van der Waals surface area contributed by atoms with Gasteiger partial charge in [0.2, 0.25) is 0 Å². The van der Waals surface area contributed by atoms with E-state index >= 15 is 0 Å². The number of carbonyl (C=O) groups is 1. The van der Waals surface area contributed by atoms with Crippen LogP contribution in [0.3, 0.4) is 0 Å². The summed E-state index contributed by atoms with van der Waals surface area (Å²) in [6.07, 6.45) is 0.356. The molecule has 2 nitrogen and oxygen atoms in total. The number of aromatic nitrogens is 1. The van der Waals surface area contributed by atoms with Gasteiger partial charge in [0.1, 0.15) is 5.01 Å². The zero-order valence-corrected chi connectivity index (χ0v) is 13.9. The molecule has 0 saturated carbocycles. The molecule has 0 unspecified atom stereocenters. The minimum absolute atomic E-state index is 0.0805. The van der Waals surface area contributed by atoms with E-state index in [1.54, 1.807) is 11.3 Å². The zero-order valence-electron chi connectivity index (χ0n) is 9.96. The molecule has 1 aromatic carbocycles. The number of aryl methyl sites for hydroxylation is 2. The number of ketones is 1. The van der Waals surface area contributed by atoms with Crippen LogP contribution in [-0.2, 0) is 6.42 Å². The number of thiazole rings is 1. The molecule has 18 heavy (non-hydrogen) atoms. The maximum atomic E-state index is 12.2. The number of carbonyl (C=O) groups excluding carboxylic acids is 1. The van der Waals surface area contributed by atoms with Gasteiger partial charge in [0, 0.05) is 19.4 Å². The number of Topliss-reactive ketones (excluding diaryl/α,β-unsaturated/α-hetero) is 1. The van der Waals surface area contributed by atoms with E-state index in [0.29, 0.717) is 12.0 Å². The van der Waals surface area contributed by atoms with Crippen molar-refractivity contribution in [3.8, 4) is 0 Å². The predicted octanol–water partition coefficient (Wildman–Crippen LogP) is 4.71. The van der Waals surface area contributed by atoms with Gasteiger partial charge in [0.05, 0.1) is 12.1 Å². The highest BCUT2D eigenvalue weighted by Crippen LogP contribution is 2.24. The second-order valence-corrected chi connectivity index (χ2v) is 7.03. The second kappa shape index (κ2) is 5.63. The highest BCUT2D eigenvalue weighted by atomic mass is 79.9. The van der Waals surface area contributed by atoms with Crippen molar-refractivity contribution >= 4 is 49.0 Å². The summed E-state index contributed by atoms with van der Waals surface area (Å²) in [6.45, 7) is 3.99. The maximum absolute atomic E-state index is 12.2. The topological polar surface area (TPSA) is 30.0 Å². The van der Waals surface area contributed by atoms with Crippen LogP contribution in [0.2, 0.25) is 0 Å². The summed E-state index contributed by atoms with van der Waals surface area (Å²) < 4.78 is 1.72. The Morgan fingerprint density at radius 1 is 1.33 bits per heavy atom. The van der Waals surface area contributed by atoms with Gasteiger partial charge in [-0.2, -0.15) is 0 Å². The Morgan fingerprint density at radius 3 is 2.67 bits per heavy atom.